The zero-order chi connectivity index (χ0) is 18.2. The molecular weight excluding hydrogens is 336 g/mol. The smallest absolute Gasteiger partial charge is 0.230 e. The number of carbonyl (C=O) groups is 1. The first-order valence-corrected chi connectivity index (χ1v) is 10.9. The van der Waals surface area contributed by atoms with Crippen LogP contribution in [-0.2, 0) is 21.4 Å². The molecule has 0 aliphatic carbocycles. The van der Waals surface area contributed by atoms with Gasteiger partial charge >= 0.3 is 0 Å². The monoisotopic (exact) mass is 364 g/mol. The van der Waals surface area contributed by atoms with E-state index in [1.807, 2.05) is 4.90 Å². The van der Waals surface area contributed by atoms with E-state index in [2.05, 4.69) is 38.1 Å². The van der Waals surface area contributed by atoms with Crippen molar-refractivity contribution in [2.24, 2.45) is 5.41 Å². The molecule has 0 unspecified atom stereocenters. The van der Waals surface area contributed by atoms with Crippen LogP contribution in [0, 0.1) is 5.41 Å². The van der Waals surface area contributed by atoms with E-state index >= 15 is 0 Å². The van der Waals surface area contributed by atoms with Gasteiger partial charge in [-0.15, -0.1) is 0 Å². The molecule has 5 nitrogen and oxygen atoms in total. The molecule has 2 fully saturated rings. The summed E-state index contributed by atoms with van der Waals surface area (Å²) in [5.41, 5.74) is 1.91. The second-order valence-electron chi connectivity index (χ2n) is 7.85. The maximum Gasteiger partial charge on any atom is 0.230 e. The van der Waals surface area contributed by atoms with Crippen molar-refractivity contribution >= 4 is 15.9 Å². The standard InChI is InChI=1S/C19H28N2O3S/c1-15(2)17-7-5-16(6-8-17)13-20-11-4-9-19(18(20)22)10-12-21(14-19)25(3,23)24/h5-8,15H,4,9-14H2,1-3H3/t19-/m1/s1. The largest absolute Gasteiger partial charge is 0.338 e. The van der Waals surface area contributed by atoms with Crippen LogP contribution in [0.15, 0.2) is 24.3 Å². The van der Waals surface area contributed by atoms with Gasteiger partial charge in [0.05, 0.1) is 11.7 Å². The van der Waals surface area contributed by atoms with Gasteiger partial charge in [-0.25, -0.2) is 12.7 Å². The Morgan fingerprint density at radius 2 is 1.80 bits per heavy atom. The summed E-state index contributed by atoms with van der Waals surface area (Å²) in [6, 6.07) is 8.46. The molecular formula is C19H28N2O3S. The predicted octanol–water partition coefficient (Wildman–Crippen LogP) is 2.58. The summed E-state index contributed by atoms with van der Waals surface area (Å²) in [7, 11) is -3.23. The first-order chi connectivity index (χ1) is 11.7. The number of hydrogen-bond donors (Lipinski definition) is 0. The number of hydrogen-bond acceptors (Lipinski definition) is 3. The van der Waals surface area contributed by atoms with Gasteiger partial charge in [0.2, 0.25) is 15.9 Å². The third-order valence-corrected chi connectivity index (χ3v) is 6.88. The van der Waals surface area contributed by atoms with Crippen molar-refractivity contribution in [1.82, 2.24) is 9.21 Å². The SMILES string of the molecule is CC(C)c1ccc(CN2CCC[C@]3(CCN(S(C)(=O)=O)C3)C2=O)cc1. The fraction of sp³-hybridized carbons (Fsp3) is 0.632. The molecule has 25 heavy (non-hydrogen) atoms. The van der Waals surface area contributed by atoms with E-state index in [1.54, 1.807) is 0 Å². The summed E-state index contributed by atoms with van der Waals surface area (Å²) in [5.74, 6) is 0.618. The van der Waals surface area contributed by atoms with Crippen molar-refractivity contribution in [3.63, 3.8) is 0 Å². The summed E-state index contributed by atoms with van der Waals surface area (Å²) >= 11 is 0. The van der Waals surface area contributed by atoms with Crippen molar-refractivity contribution in [3.8, 4) is 0 Å². The number of rotatable bonds is 4. The van der Waals surface area contributed by atoms with Gasteiger partial charge in [0.15, 0.2) is 0 Å². The molecule has 0 bridgehead atoms. The van der Waals surface area contributed by atoms with Gasteiger partial charge in [-0.1, -0.05) is 38.1 Å². The number of benzene rings is 1. The molecule has 1 amide bonds. The molecule has 1 atom stereocenters. The normalized spacial score (nSPS) is 25.3. The maximum absolute atomic E-state index is 13.1. The summed E-state index contributed by atoms with van der Waals surface area (Å²) in [6.07, 6.45) is 3.60. The number of amides is 1. The van der Waals surface area contributed by atoms with Crippen LogP contribution in [0.5, 0.6) is 0 Å². The first-order valence-electron chi connectivity index (χ1n) is 9.05. The lowest BCUT2D eigenvalue weighted by Crippen LogP contribution is -2.49. The quantitative estimate of drug-likeness (QED) is 0.825. The van der Waals surface area contributed by atoms with Crippen LogP contribution in [0.4, 0.5) is 0 Å². The van der Waals surface area contributed by atoms with E-state index < -0.39 is 15.4 Å². The van der Waals surface area contributed by atoms with Gasteiger partial charge in [-0.2, -0.15) is 0 Å². The number of piperidine rings is 1. The Balaban J connectivity index is 1.72. The van der Waals surface area contributed by atoms with Crippen LogP contribution in [0.2, 0.25) is 0 Å². The van der Waals surface area contributed by atoms with Crippen LogP contribution in [0.1, 0.15) is 50.2 Å². The van der Waals surface area contributed by atoms with Gasteiger partial charge in [-0.3, -0.25) is 4.79 Å². The van der Waals surface area contributed by atoms with E-state index in [0.29, 0.717) is 32.0 Å². The maximum atomic E-state index is 13.1. The van der Waals surface area contributed by atoms with Crippen molar-refractivity contribution in [3.05, 3.63) is 35.4 Å². The minimum absolute atomic E-state index is 0.123. The first kappa shape index (κ1) is 18.4. The molecule has 2 heterocycles. The summed E-state index contributed by atoms with van der Waals surface area (Å²) in [5, 5.41) is 0. The van der Waals surface area contributed by atoms with Crippen LogP contribution < -0.4 is 0 Å². The van der Waals surface area contributed by atoms with Crippen LogP contribution in [-0.4, -0.2) is 49.4 Å². The lowest BCUT2D eigenvalue weighted by atomic mass is 9.78. The Bertz CT molecular complexity index is 742. The lowest BCUT2D eigenvalue weighted by molar-refractivity contribution is -0.146. The Hall–Kier alpha value is -1.40. The van der Waals surface area contributed by atoms with E-state index in [-0.39, 0.29) is 5.91 Å². The molecule has 3 rings (SSSR count). The van der Waals surface area contributed by atoms with Crippen molar-refractivity contribution in [1.29, 1.82) is 0 Å². The molecule has 0 aromatic heterocycles. The minimum Gasteiger partial charge on any atom is -0.338 e. The average Bonchev–Trinajstić information content (AvgIpc) is 2.98. The van der Waals surface area contributed by atoms with E-state index in [4.69, 9.17) is 0 Å². The van der Waals surface area contributed by atoms with E-state index in [0.717, 1.165) is 24.9 Å². The zero-order valence-corrected chi connectivity index (χ0v) is 16.2. The minimum atomic E-state index is -3.23. The van der Waals surface area contributed by atoms with Crippen molar-refractivity contribution < 1.29 is 13.2 Å². The lowest BCUT2D eigenvalue weighted by Gasteiger charge is -2.39. The molecule has 0 radical (unpaired) electrons. The molecule has 2 aliphatic rings. The van der Waals surface area contributed by atoms with Gasteiger partial charge in [0.1, 0.15) is 0 Å². The molecule has 2 saturated heterocycles. The number of likely N-dealkylation sites (tertiary alicyclic amines) is 1. The predicted molar refractivity (Wildman–Crippen MR) is 98.6 cm³/mol. The van der Waals surface area contributed by atoms with Crippen LogP contribution in [0.3, 0.4) is 0 Å². The van der Waals surface area contributed by atoms with Crippen molar-refractivity contribution in [2.45, 2.75) is 45.6 Å². The van der Waals surface area contributed by atoms with E-state index in [1.165, 1.54) is 16.1 Å². The van der Waals surface area contributed by atoms with Gasteiger partial charge < -0.3 is 4.90 Å². The van der Waals surface area contributed by atoms with Crippen LogP contribution in [0.25, 0.3) is 0 Å². The Morgan fingerprint density at radius 1 is 1.12 bits per heavy atom. The molecule has 1 aromatic carbocycles. The third-order valence-electron chi connectivity index (χ3n) is 5.63. The molecule has 1 spiro atoms. The topological polar surface area (TPSA) is 57.7 Å². The third kappa shape index (κ3) is 3.75. The fourth-order valence-electron chi connectivity index (χ4n) is 4.03. The molecule has 6 heteroatoms. The molecule has 2 aliphatic heterocycles. The fourth-order valence-corrected chi connectivity index (χ4v) is 4.93. The highest BCUT2D eigenvalue weighted by molar-refractivity contribution is 7.88. The highest BCUT2D eigenvalue weighted by Crippen LogP contribution is 2.41. The summed E-state index contributed by atoms with van der Waals surface area (Å²) in [4.78, 5) is 15.0. The van der Waals surface area contributed by atoms with Crippen molar-refractivity contribution in [2.75, 3.05) is 25.9 Å². The molecule has 0 saturated carbocycles. The number of sulfonamides is 1. The number of carbonyl (C=O) groups excluding carboxylic acids is 1. The zero-order valence-electron chi connectivity index (χ0n) is 15.4. The Morgan fingerprint density at radius 3 is 2.36 bits per heavy atom. The highest BCUT2D eigenvalue weighted by Gasteiger charge is 2.50. The second kappa shape index (κ2) is 6.72. The summed E-state index contributed by atoms with van der Waals surface area (Å²) in [6.45, 7) is 6.50. The molecule has 1 aromatic rings. The van der Waals surface area contributed by atoms with Crippen LogP contribution >= 0.6 is 0 Å². The number of nitrogens with zero attached hydrogens (tertiary/aromatic N) is 2. The highest BCUT2D eigenvalue weighted by atomic mass is 32.2. The Kier molecular flexibility index (Phi) is 4.95. The molecule has 138 valence electrons. The average molecular weight is 365 g/mol. The second-order valence-corrected chi connectivity index (χ2v) is 9.84. The van der Waals surface area contributed by atoms with Gasteiger partial charge in [0, 0.05) is 26.2 Å². The summed E-state index contributed by atoms with van der Waals surface area (Å²) < 4.78 is 25.1. The van der Waals surface area contributed by atoms with E-state index in [9.17, 15) is 13.2 Å². The Labute approximate surface area is 151 Å². The molecule has 0 N–H and O–H groups in total. The van der Waals surface area contributed by atoms with Gasteiger partial charge in [-0.05, 0) is 36.3 Å². The van der Waals surface area contributed by atoms with Gasteiger partial charge in [0.25, 0.3) is 0 Å².